The SMILES string of the molecule is CN(Cc1ccc(Cl)s1)C(=O)C1CCN(C2=NS(=O)(=O)c3ccccc32)CC1. The summed E-state index contributed by atoms with van der Waals surface area (Å²) in [6.07, 6.45) is 1.35. The highest BCUT2D eigenvalue weighted by molar-refractivity contribution is 7.90. The van der Waals surface area contributed by atoms with Gasteiger partial charge in [0.2, 0.25) is 5.91 Å². The van der Waals surface area contributed by atoms with E-state index in [1.165, 1.54) is 11.3 Å². The Morgan fingerprint density at radius 1 is 1.25 bits per heavy atom. The first-order valence-electron chi connectivity index (χ1n) is 9.03. The first-order chi connectivity index (χ1) is 13.3. The number of nitrogens with zero attached hydrogens (tertiary/aromatic N) is 3. The molecule has 0 unspecified atom stereocenters. The first kappa shape index (κ1) is 19.4. The van der Waals surface area contributed by atoms with Gasteiger partial charge in [-0.3, -0.25) is 4.79 Å². The highest BCUT2D eigenvalue weighted by atomic mass is 35.5. The minimum Gasteiger partial charge on any atom is -0.355 e. The lowest BCUT2D eigenvalue weighted by molar-refractivity contribution is -0.135. The number of halogens is 1. The zero-order chi connectivity index (χ0) is 19.9. The predicted molar refractivity (Wildman–Crippen MR) is 110 cm³/mol. The van der Waals surface area contributed by atoms with Gasteiger partial charge in [-0.2, -0.15) is 8.42 Å². The molecule has 4 rings (SSSR count). The van der Waals surface area contributed by atoms with E-state index in [0.717, 1.165) is 9.21 Å². The number of piperidine rings is 1. The fourth-order valence-corrected chi connectivity index (χ4v) is 6.08. The fourth-order valence-electron chi connectivity index (χ4n) is 3.71. The van der Waals surface area contributed by atoms with Gasteiger partial charge in [0, 0.05) is 36.5 Å². The third-order valence-electron chi connectivity index (χ3n) is 5.15. The van der Waals surface area contributed by atoms with Crippen molar-refractivity contribution in [1.29, 1.82) is 0 Å². The lowest BCUT2D eigenvalue weighted by Gasteiger charge is -2.34. The molecule has 1 fully saturated rings. The molecule has 0 radical (unpaired) electrons. The van der Waals surface area contributed by atoms with Gasteiger partial charge in [-0.15, -0.1) is 15.7 Å². The molecule has 0 atom stereocenters. The number of hydrogen-bond donors (Lipinski definition) is 0. The number of carbonyl (C=O) groups is 1. The van der Waals surface area contributed by atoms with Crippen molar-refractivity contribution in [2.45, 2.75) is 24.3 Å². The number of amides is 1. The van der Waals surface area contributed by atoms with Crippen molar-refractivity contribution in [3.05, 3.63) is 51.2 Å². The molecule has 1 amide bonds. The van der Waals surface area contributed by atoms with Crippen molar-refractivity contribution < 1.29 is 13.2 Å². The molecule has 3 heterocycles. The molecule has 0 bridgehead atoms. The Morgan fingerprint density at radius 3 is 2.64 bits per heavy atom. The number of carbonyl (C=O) groups excluding carboxylic acids is 1. The number of amidine groups is 1. The van der Waals surface area contributed by atoms with Crippen LogP contribution in [0.15, 0.2) is 45.7 Å². The standard InChI is InChI=1S/C19H20ClN3O3S2/c1-22(12-14-6-7-17(20)27-14)19(24)13-8-10-23(11-9-13)18-15-4-2-3-5-16(15)28(25,26)21-18/h2-7,13H,8-12H2,1H3. The zero-order valence-electron chi connectivity index (χ0n) is 15.3. The maximum absolute atomic E-state index is 12.8. The largest absolute Gasteiger partial charge is 0.355 e. The third kappa shape index (κ3) is 3.68. The van der Waals surface area contributed by atoms with Crippen molar-refractivity contribution in [2.24, 2.45) is 10.3 Å². The Kier molecular flexibility index (Phi) is 5.20. The molecule has 2 aromatic rings. The molecule has 0 saturated carbocycles. The normalized spacial score (nSPS) is 18.6. The summed E-state index contributed by atoms with van der Waals surface area (Å²) in [5.74, 6) is 0.555. The predicted octanol–water partition coefficient (Wildman–Crippen LogP) is 3.22. The number of fused-ring (bicyclic) bond motifs is 1. The van der Waals surface area contributed by atoms with E-state index in [-0.39, 0.29) is 16.7 Å². The van der Waals surface area contributed by atoms with Gasteiger partial charge in [0.15, 0.2) is 5.84 Å². The molecular formula is C19H20ClN3O3S2. The minimum absolute atomic E-state index is 0.0643. The summed E-state index contributed by atoms with van der Waals surface area (Å²) in [6, 6.07) is 10.7. The molecule has 1 aromatic carbocycles. The Balaban J connectivity index is 1.40. The van der Waals surface area contributed by atoms with Gasteiger partial charge in [0.25, 0.3) is 10.0 Å². The third-order valence-corrected chi connectivity index (χ3v) is 7.70. The van der Waals surface area contributed by atoms with Gasteiger partial charge in [-0.1, -0.05) is 23.7 Å². The van der Waals surface area contributed by atoms with Crippen molar-refractivity contribution in [1.82, 2.24) is 9.80 Å². The average molecular weight is 438 g/mol. The van der Waals surface area contributed by atoms with Crippen molar-refractivity contribution in [3.8, 4) is 0 Å². The van der Waals surface area contributed by atoms with Gasteiger partial charge in [-0.25, -0.2) is 0 Å². The minimum atomic E-state index is -3.62. The second-order valence-corrected chi connectivity index (χ2v) is 10.4. The van der Waals surface area contributed by atoms with E-state index in [0.29, 0.717) is 43.9 Å². The lowest BCUT2D eigenvalue weighted by Crippen LogP contribution is -2.43. The molecule has 2 aliphatic heterocycles. The highest BCUT2D eigenvalue weighted by Crippen LogP contribution is 2.30. The number of benzene rings is 1. The topological polar surface area (TPSA) is 70.1 Å². The van der Waals surface area contributed by atoms with Crippen LogP contribution in [0, 0.1) is 5.92 Å². The molecular weight excluding hydrogens is 418 g/mol. The number of likely N-dealkylation sites (tertiary alicyclic amines) is 1. The van der Waals surface area contributed by atoms with E-state index in [2.05, 4.69) is 4.40 Å². The number of sulfonamides is 1. The Labute approximate surface area is 173 Å². The summed E-state index contributed by atoms with van der Waals surface area (Å²) in [7, 11) is -1.81. The van der Waals surface area contributed by atoms with E-state index in [4.69, 9.17) is 11.6 Å². The summed E-state index contributed by atoms with van der Waals surface area (Å²) in [5.41, 5.74) is 0.652. The molecule has 1 aromatic heterocycles. The van der Waals surface area contributed by atoms with Crippen LogP contribution in [0.25, 0.3) is 0 Å². The van der Waals surface area contributed by atoms with Crippen LogP contribution in [0.1, 0.15) is 23.3 Å². The quantitative estimate of drug-likeness (QED) is 0.739. The molecule has 148 valence electrons. The maximum atomic E-state index is 12.8. The summed E-state index contributed by atoms with van der Waals surface area (Å²) < 4.78 is 29.2. The van der Waals surface area contributed by atoms with E-state index < -0.39 is 10.0 Å². The lowest BCUT2D eigenvalue weighted by atomic mass is 9.94. The van der Waals surface area contributed by atoms with Crippen LogP contribution in [0.4, 0.5) is 0 Å². The van der Waals surface area contributed by atoms with Crippen molar-refractivity contribution in [2.75, 3.05) is 20.1 Å². The Morgan fingerprint density at radius 2 is 1.96 bits per heavy atom. The summed E-state index contributed by atoms with van der Waals surface area (Å²) in [5, 5.41) is 0. The molecule has 28 heavy (non-hydrogen) atoms. The second kappa shape index (κ2) is 7.50. The van der Waals surface area contributed by atoms with Crippen LogP contribution >= 0.6 is 22.9 Å². The van der Waals surface area contributed by atoms with E-state index in [9.17, 15) is 13.2 Å². The van der Waals surface area contributed by atoms with Crippen LogP contribution in [0.2, 0.25) is 4.34 Å². The van der Waals surface area contributed by atoms with Crippen LogP contribution in [-0.4, -0.2) is 50.1 Å². The fraction of sp³-hybridized carbons (Fsp3) is 0.368. The van der Waals surface area contributed by atoms with E-state index in [1.54, 1.807) is 23.1 Å². The van der Waals surface area contributed by atoms with Gasteiger partial charge in [0.05, 0.1) is 10.9 Å². The average Bonchev–Trinajstić information content (AvgIpc) is 3.22. The molecule has 6 nitrogen and oxygen atoms in total. The number of thiophene rings is 1. The van der Waals surface area contributed by atoms with Gasteiger partial charge < -0.3 is 9.80 Å². The molecule has 0 N–H and O–H groups in total. The Bertz CT molecular complexity index is 1040. The van der Waals surface area contributed by atoms with Gasteiger partial charge in [0.1, 0.15) is 4.90 Å². The van der Waals surface area contributed by atoms with Crippen LogP contribution in [0.3, 0.4) is 0 Å². The second-order valence-electron chi connectivity index (χ2n) is 7.05. The smallest absolute Gasteiger partial charge is 0.285 e. The summed E-state index contributed by atoms with van der Waals surface area (Å²) in [6.45, 7) is 1.77. The molecule has 1 saturated heterocycles. The number of rotatable bonds is 3. The Hall–Kier alpha value is -1.90. The van der Waals surface area contributed by atoms with Crippen LogP contribution in [0.5, 0.6) is 0 Å². The molecule has 0 aliphatic carbocycles. The summed E-state index contributed by atoms with van der Waals surface area (Å²) >= 11 is 7.44. The van der Waals surface area contributed by atoms with Gasteiger partial charge >= 0.3 is 0 Å². The molecule has 9 heteroatoms. The van der Waals surface area contributed by atoms with Crippen LogP contribution in [-0.2, 0) is 21.4 Å². The van der Waals surface area contributed by atoms with E-state index in [1.807, 2.05) is 30.1 Å². The zero-order valence-corrected chi connectivity index (χ0v) is 17.7. The monoisotopic (exact) mass is 437 g/mol. The highest BCUT2D eigenvalue weighted by Gasteiger charge is 2.35. The number of hydrogen-bond acceptors (Lipinski definition) is 5. The first-order valence-corrected chi connectivity index (χ1v) is 11.7. The van der Waals surface area contributed by atoms with Gasteiger partial charge in [-0.05, 0) is 37.1 Å². The van der Waals surface area contributed by atoms with Crippen molar-refractivity contribution >= 4 is 44.7 Å². The maximum Gasteiger partial charge on any atom is 0.285 e. The summed E-state index contributed by atoms with van der Waals surface area (Å²) in [4.78, 5) is 17.8. The molecule has 0 spiro atoms. The van der Waals surface area contributed by atoms with E-state index >= 15 is 0 Å². The molecule has 2 aliphatic rings. The van der Waals surface area contributed by atoms with Crippen LogP contribution < -0.4 is 0 Å². The van der Waals surface area contributed by atoms with Crippen molar-refractivity contribution in [3.63, 3.8) is 0 Å².